The SMILES string of the molecule is COc1ncc([N+](=O)[O-])c(OC(F)(F)F)c1CCl. The summed E-state index contributed by atoms with van der Waals surface area (Å²) in [7, 11) is 1.14. The van der Waals surface area contributed by atoms with Crippen molar-refractivity contribution in [1.29, 1.82) is 0 Å². The zero-order valence-electron chi connectivity index (χ0n) is 8.82. The molecule has 6 nitrogen and oxygen atoms in total. The third kappa shape index (κ3) is 3.13. The highest BCUT2D eigenvalue weighted by molar-refractivity contribution is 6.17. The normalized spacial score (nSPS) is 11.2. The van der Waals surface area contributed by atoms with Gasteiger partial charge in [0.1, 0.15) is 6.20 Å². The lowest BCUT2D eigenvalue weighted by Gasteiger charge is -2.13. The predicted octanol–water partition coefficient (Wildman–Crippen LogP) is 2.64. The van der Waals surface area contributed by atoms with E-state index in [0.717, 1.165) is 7.11 Å². The van der Waals surface area contributed by atoms with Crippen LogP contribution >= 0.6 is 11.6 Å². The van der Waals surface area contributed by atoms with Gasteiger partial charge in [0.05, 0.1) is 23.5 Å². The van der Waals surface area contributed by atoms with Gasteiger partial charge in [0.2, 0.25) is 11.6 Å². The first kappa shape index (κ1) is 14.3. The molecule has 0 radical (unpaired) electrons. The van der Waals surface area contributed by atoms with Crippen molar-refractivity contribution < 1.29 is 27.6 Å². The number of halogens is 4. The second kappa shape index (κ2) is 5.25. The molecule has 0 spiro atoms. The van der Waals surface area contributed by atoms with E-state index in [-0.39, 0.29) is 11.4 Å². The number of nitrogens with zero attached hydrogens (tertiary/aromatic N) is 2. The summed E-state index contributed by atoms with van der Waals surface area (Å²) < 4.78 is 44.8. The van der Waals surface area contributed by atoms with Gasteiger partial charge in [-0.2, -0.15) is 0 Å². The van der Waals surface area contributed by atoms with E-state index in [2.05, 4.69) is 14.5 Å². The molecule has 0 saturated heterocycles. The van der Waals surface area contributed by atoms with Crippen LogP contribution in [0.2, 0.25) is 0 Å². The molecule has 1 aromatic heterocycles. The zero-order valence-corrected chi connectivity index (χ0v) is 9.58. The van der Waals surface area contributed by atoms with E-state index >= 15 is 0 Å². The van der Waals surface area contributed by atoms with Gasteiger partial charge in [0.25, 0.3) is 0 Å². The van der Waals surface area contributed by atoms with E-state index < -0.39 is 28.6 Å². The minimum atomic E-state index is -5.09. The quantitative estimate of drug-likeness (QED) is 0.483. The highest BCUT2D eigenvalue weighted by Crippen LogP contribution is 2.39. The number of methoxy groups -OCH3 is 1. The molecule has 10 heteroatoms. The van der Waals surface area contributed by atoms with Crippen molar-refractivity contribution in [3.8, 4) is 11.6 Å². The molecule has 0 fully saturated rings. The Labute approximate surface area is 103 Å². The van der Waals surface area contributed by atoms with Crippen molar-refractivity contribution in [2.75, 3.05) is 7.11 Å². The van der Waals surface area contributed by atoms with Gasteiger partial charge in [-0.1, -0.05) is 0 Å². The van der Waals surface area contributed by atoms with E-state index in [1.54, 1.807) is 0 Å². The minimum absolute atomic E-state index is 0.269. The first-order chi connectivity index (χ1) is 8.30. The molecule has 18 heavy (non-hydrogen) atoms. The van der Waals surface area contributed by atoms with Crippen molar-refractivity contribution in [1.82, 2.24) is 4.98 Å². The minimum Gasteiger partial charge on any atom is -0.481 e. The molecule has 1 heterocycles. The summed E-state index contributed by atoms with van der Waals surface area (Å²) in [5.74, 6) is -1.77. The van der Waals surface area contributed by atoms with Crippen molar-refractivity contribution in [2.45, 2.75) is 12.2 Å². The molecule has 0 aliphatic rings. The van der Waals surface area contributed by atoms with E-state index in [9.17, 15) is 23.3 Å². The lowest BCUT2D eigenvalue weighted by molar-refractivity contribution is -0.389. The van der Waals surface area contributed by atoms with Crippen LogP contribution in [0.3, 0.4) is 0 Å². The van der Waals surface area contributed by atoms with Gasteiger partial charge in [0.15, 0.2) is 0 Å². The molecular formula is C8H6ClF3N2O4. The van der Waals surface area contributed by atoms with Crippen molar-refractivity contribution in [3.63, 3.8) is 0 Å². The zero-order chi connectivity index (χ0) is 13.9. The summed E-state index contributed by atoms with van der Waals surface area (Å²) in [5.41, 5.74) is -1.28. The Hall–Kier alpha value is -1.77. The van der Waals surface area contributed by atoms with Crippen LogP contribution in [0.1, 0.15) is 5.56 Å². The van der Waals surface area contributed by atoms with Crippen molar-refractivity contribution in [3.05, 3.63) is 21.9 Å². The molecule has 1 rings (SSSR count). The molecule has 0 bridgehead atoms. The maximum Gasteiger partial charge on any atom is 0.573 e. The third-order valence-electron chi connectivity index (χ3n) is 1.81. The second-order valence-electron chi connectivity index (χ2n) is 2.90. The Balaban J connectivity index is 3.43. The highest BCUT2D eigenvalue weighted by Gasteiger charge is 2.37. The standard InChI is InChI=1S/C8H6ClF3N2O4/c1-17-7-4(2-9)6(18-8(10,11)12)5(3-13-7)14(15)16/h3H,2H2,1H3. The van der Waals surface area contributed by atoms with Gasteiger partial charge in [0, 0.05) is 0 Å². The average molecular weight is 287 g/mol. The summed E-state index contributed by atoms with van der Waals surface area (Å²) in [6.45, 7) is 0. The summed E-state index contributed by atoms with van der Waals surface area (Å²) in [6, 6.07) is 0. The first-order valence-electron chi connectivity index (χ1n) is 4.32. The molecule has 1 aromatic rings. The Bertz CT molecular complexity index is 466. The van der Waals surface area contributed by atoms with Gasteiger partial charge in [-0.25, -0.2) is 4.98 Å². The molecule has 0 aliphatic heterocycles. The number of hydrogen-bond acceptors (Lipinski definition) is 5. The molecule has 0 saturated carbocycles. The number of rotatable bonds is 4. The van der Waals surface area contributed by atoms with Crippen LogP contribution in [0.15, 0.2) is 6.20 Å². The Kier molecular flexibility index (Phi) is 4.17. The van der Waals surface area contributed by atoms with Crippen LogP contribution in [0.5, 0.6) is 11.6 Å². The monoisotopic (exact) mass is 286 g/mol. The molecule has 0 aromatic carbocycles. The topological polar surface area (TPSA) is 74.5 Å². The fourth-order valence-electron chi connectivity index (χ4n) is 1.16. The van der Waals surface area contributed by atoms with Gasteiger partial charge < -0.3 is 9.47 Å². The predicted molar refractivity (Wildman–Crippen MR) is 53.7 cm³/mol. The maximum atomic E-state index is 12.2. The number of hydrogen-bond donors (Lipinski definition) is 0. The summed E-state index contributed by atoms with van der Waals surface area (Å²) in [5, 5.41) is 10.6. The average Bonchev–Trinajstić information content (AvgIpc) is 2.25. The highest BCUT2D eigenvalue weighted by atomic mass is 35.5. The maximum absolute atomic E-state index is 12.2. The lowest BCUT2D eigenvalue weighted by Crippen LogP contribution is -2.19. The van der Waals surface area contributed by atoms with Crippen LogP contribution in [0.25, 0.3) is 0 Å². The van der Waals surface area contributed by atoms with E-state index in [1.165, 1.54) is 0 Å². The summed E-state index contributed by atoms with van der Waals surface area (Å²) in [6.07, 6.45) is -4.48. The van der Waals surface area contributed by atoms with Crippen LogP contribution in [0.4, 0.5) is 18.9 Å². The number of ether oxygens (including phenoxy) is 2. The second-order valence-corrected chi connectivity index (χ2v) is 3.17. The number of pyridine rings is 1. The van der Waals surface area contributed by atoms with E-state index in [1.807, 2.05) is 0 Å². The van der Waals surface area contributed by atoms with Crippen molar-refractivity contribution in [2.24, 2.45) is 0 Å². The van der Waals surface area contributed by atoms with Crippen LogP contribution < -0.4 is 9.47 Å². The molecule has 0 unspecified atom stereocenters. The van der Waals surface area contributed by atoms with Gasteiger partial charge in [-0.3, -0.25) is 10.1 Å². The number of aromatic nitrogens is 1. The van der Waals surface area contributed by atoms with E-state index in [4.69, 9.17) is 11.6 Å². The Morgan fingerprint density at radius 3 is 2.56 bits per heavy atom. The number of alkyl halides is 4. The largest absolute Gasteiger partial charge is 0.573 e. The molecule has 0 N–H and O–H groups in total. The third-order valence-corrected chi connectivity index (χ3v) is 2.08. The van der Waals surface area contributed by atoms with Gasteiger partial charge >= 0.3 is 12.0 Å². The van der Waals surface area contributed by atoms with Gasteiger partial charge in [-0.05, 0) is 0 Å². The Morgan fingerprint density at radius 1 is 1.56 bits per heavy atom. The molecular weight excluding hydrogens is 281 g/mol. The lowest BCUT2D eigenvalue weighted by atomic mass is 10.2. The van der Waals surface area contributed by atoms with Crippen LogP contribution in [0, 0.1) is 10.1 Å². The molecule has 0 aliphatic carbocycles. The Morgan fingerprint density at radius 2 is 2.17 bits per heavy atom. The molecule has 0 atom stereocenters. The van der Waals surface area contributed by atoms with Gasteiger partial charge in [-0.15, -0.1) is 24.8 Å². The summed E-state index contributed by atoms with van der Waals surface area (Å²) in [4.78, 5) is 13.0. The fraction of sp³-hybridized carbons (Fsp3) is 0.375. The first-order valence-corrected chi connectivity index (χ1v) is 4.85. The number of nitro groups is 1. The summed E-state index contributed by atoms with van der Waals surface area (Å²) >= 11 is 5.43. The van der Waals surface area contributed by atoms with E-state index in [0.29, 0.717) is 6.20 Å². The molecule has 0 amide bonds. The molecule has 100 valence electrons. The fourth-order valence-corrected chi connectivity index (χ4v) is 1.40. The van der Waals surface area contributed by atoms with Crippen molar-refractivity contribution >= 4 is 17.3 Å². The van der Waals surface area contributed by atoms with Crippen LogP contribution in [-0.4, -0.2) is 23.4 Å². The smallest absolute Gasteiger partial charge is 0.481 e. The van der Waals surface area contributed by atoms with Crippen LogP contribution in [-0.2, 0) is 5.88 Å².